The number of carbonyl (C=O) groups is 1. The van der Waals surface area contributed by atoms with Crippen LogP contribution in [0.15, 0.2) is 23.3 Å². The fraction of sp³-hybridized carbons (Fsp3) is 0.429. The Labute approximate surface area is 118 Å². The van der Waals surface area contributed by atoms with Crippen molar-refractivity contribution in [3.05, 3.63) is 23.8 Å². The summed E-state index contributed by atoms with van der Waals surface area (Å²) >= 11 is 0. The van der Waals surface area contributed by atoms with Crippen LogP contribution in [-0.4, -0.2) is 26.0 Å². The molecule has 6 nitrogen and oxygen atoms in total. The molecule has 0 aliphatic carbocycles. The molecule has 110 valence electrons. The number of hydrogen-bond donors (Lipinski definition) is 2. The first kappa shape index (κ1) is 15.8. The summed E-state index contributed by atoms with van der Waals surface area (Å²) in [6, 6.07) is 4.79. The number of unbranched alkanes of at least 4 members (excludes halogenated alkanes) is 1. The van der Waals surface area contributed by atoms with Gasteiger partial charge in [-0.05, 0) is 25.0 Å². The highest BCUT2D eigenvalue weighted by atomic mass is 16.5. The van der Waals surface area contributed by atoms with E-state index in [1.54, 1.807) is 20.3 Å². The highest BCUT2D eigenvalue weighted by Gasteiger charge is 2.09. The van der Waals surface area contributed by atoms with Gasteiger partial charge in [-0.25, -0.2) is 10.2 Å². The van der Waals surface area contributed by atoms with Crippen molar-refractivity contribution in [3.63, 3.8) is 0 Å². The van der Waals surface area contributed by atoms with Gasteiger partial charge in [-0.1, -0.05) is 13.3 Å². The summed E-state index contributed by atoms with van der Waals surface area (Å²) in [6.07, 6.45) is 2.71. The maximum Gasteiger partial charge on any atom is 0.332 e. The van der Waals surface area contributed by atoms with E-state index in [1.165, 1.54) is 0 Å². The van der Waals surface area contributed by atoms with Gasteiger partial charge in [-0.15, -0.1) is 0 Å². The molecular formula is C14H21N3O3. The highest BCUT2D eigenvalue weighted by Crippen LogP contribution is 2.24. The van der Waals surface area contributed by atoms with Crippen LogP contribution in [-0.2, 0) is 0 Å². The van der Waals surface area contributed by atoms with Crippen LogP contribution >= 0.6 is 0 Å². The molecule has 0 bridgehead atoms. The minimum Gasteiger partial charge on any atom is -0.497 e. The standard InChI is InChI=1S/C14H21N3O3/c1-4-5-6-13(16-17-14(15)18)10-7-11(19-2)9-12(8-10)20-3/h7-9H,4-6H2,1-3H3,(H3,15,17,18)/b16-13-. The Kier molecular flexibility index (Phi) is 6.36. The van der Waals surface area contributed by atoms with Crippen LogP contribution in [0.2, 0.25) is 0 Å². The molecule has 3 N–H and O–H groups in total. The number of carbonyl (C=O) groups excluding carboxylic acids is 1. The normalized spacial score (nSPS) is 11.1. The molecule has 1 aromatic rings. The summed E-state index contributed by atoms with van der Waals surface area (Å²) in [5.41, 5.74) is 8.90. The molecule has 0 aliphatic rings. The SMILES string of the molecule is CCCC/C(=N/NC(N)=O)c1cc(OC)cc(OC)c1. The van der Waals surface area contributed by atoms with Gasteiger partial charge in [0, 0.05) is 11.6 Å². The third-order valence-electron chi connectivity index (χ3n) is 2.75. The molecule has 0 unspecified atom stereocenters. The molecule has 6 heteroatoms. The third-order valence-corrected chi connectivity index (χ3v) is 2.75. The van der Waals surface area contributed by atoms with Crippen molar-refractivity contribution in [1.29, 1.82) is 0 Å². The molecule has 1 aromatic carbocycles. The molecule has 2 amide bonds. The molecule has 0 saturated heterocycles. The zero-order chi connectivity index (χ0) is 15.0. The Morgan fingerprint density at radius 3 is 2.30 bits per heavy atom. The average molecular weight is 279 g/mol. The number of methoxy groups -OCH3 is 2. The van der Waals surface area contributed by atoms with Gasteiger partial charge in [-0.3, -0.25) is 0 Å². The minimum absolute atomic E-state index is 0.669. The summed E-state index contributed by atoms with van der Waals surface area (Å²) in [5.74, 6) is 1.34. The number of amides is 2. The third kappa shape index (κ3) is 4.79. The molecule has 0 saturated carbocycles. The molecule has 0 aromatic heterocycles. The molecule has 20 heavy (non-hydrogen) atoms. The second-order valence-corrected chi connectivity index (χ2v) is 4.24. The van der Waals surface area contributed by atoms with Crippen LogP contribution in [0.1, 0.15) is 31.7 Å². The number of nitrogens with one attached hydrogen (secondary N) is 1. The van der Waals surface area contributed by atoms with Crippen molar-refractivity contribution in [1.82, 2.24) is 5.43 Å². The van der Waals surface area contributed by atoms with Crippen molar-refractivity contribution in [2.24, 2.45) is 10.8 Å². The Morgan fingerprint density at radius 1 is 1.25 bits per heavy atom. The molecule has 0 radical (unpaired) electrons. The lowest BCUT2D eigenvalue weighted by Gasteiger charge is -2.10. The summed E-state index contributed by atoms with van der Waals surface area (Å²) < 4.78 is 10.5. The minimum atomic E-state index is -0.686. The number of nitrogens with two attached hydrogens (primary N) is 1. The number of benzene rings is 1. The van der Waals surface area contributed by atoms with E-state index in [0.717, 1.165) is 30.5 Å². The van der Waals surface area contributed by atoms with Crippen LogP contribution in [0.25, 0.3) is 0 Å². The molecule has 0 aliphatic heterocycles. The van der Waals surface area contributed by atoms with E-state index in [1.807, 2.05) is 12.1 Å². The van der Waals surface area contributed by atoms with Crippen LogP contribution in [0.4, 0.5) is 4.79 Å². The molecule has 0 spiro atoms. The Bertz CT molecular complexity index is 464. The van der Waals surface area contributed by atoms with E-state index in [4.69, 9.17) is 15.2 Å². The number of rotatable bonds is 7. The zero-order valence-corrected chi connectivity index (χ0v) is 12.1. The van der Waals surface area contributed by atoms with E-state index >= 15 is 0 Å². The summed E-state index contributed by atoms with van der Waals surface area (Å²) in [6.45, 7) is 2.09. The molecular weight excluding hydrogens is 258 g/mol. The van der Waals surface area contributed by atoms with Crippen molar-refractivity contribution in [2.45, 2.75) is 26.2 Å². The van der Waals surface area contributed by atoms with E-state index in [2.05, 4.69) is 17.5 Å². The average Bonchev–Trinajstić information content (AvgIpc) is 2.46. The predicted molar refractivity (Wildman–Crippen MR) is 78.3 cm³/mol. The summed E-state index contributed by atoms with van der Waals surface area (Å²) in [5, 5.41) is 4.06. The van der Waals surface area contributed by atoms with E-state index in [0.29, 0.717) is 11.5 Å². The Morgan fingerprint density at radius 2 is 1.85 bits per heavy atom. The first-order valence-electron chi connectivity index (χ1n) is 6.46. The number of ether oxygens (including phenoxy) is 2. The van der Waals surface area contributed by atoms with E-state index in [9.17, 15) is 4.79 Å². The van der Waals surface area contributed by atoms with Gasteiger partial charge >= 0.3 is 6.03 Å². The van der Waals surface area contributed by atoms with Gasteiger partial charge in [0.15, 0.2) is 0 Å². The molecule has 1 rings (SSSR count). The van der Waals surface area contributed by atoms with Crippen molar-refractivity contribution < 1.29 is 14.3 Å². The monoisotopic (exact) mass is 279 g/mol. The number of nitrogens with zero attached hydrogens (tertiary/aromatic N) is 1. The van der Waals surface area contributed by atoms with Gasteiger partial charge in [0.05, 0.1) is 19.9 Å². The van der Waals surface area contributed by atoms with E-state index in [-0.39, 0.29) is 0 Å². The fourth-order valence-corrected chi connectivity index (χ4v) is 1.71. The van der Waals surface area contributed by atoms with Gasteiger partial charge in [0.2, 0.25) is 0 Å². The second-order valence-electron chi connectivity index (χ2n) is 4.24. The van der Waals surface area contributed by atoms with Gasteiger partial charge in [0.25, 0.3) is 0 Å². The number of urea groups is 1. The smallest absolute Gasteiger partial charge is 0.332 e. The van der Waals surface area contributed by atoms with Crippen LogP contribution in [0.5, 0.6) is 11.5 Å². The molecule has 0 heterocycles. The maximum absolute atomic E-state index is 10.8. The predicted octanol–water partition coefficient (Wildman–Crippen LogP) is 2.27. The van der Waals surface area contributed by atoms with Crippen molar-refractivity contribution in [2.75, 3.05) is 14.2 Å². The first-order chi connectivity index (χ1) is 9.60. The van der Waals surface area contributed by atoms with Crippen molar-refractivity contribution >= 4 is 11.7 Å². The van der Waals surface area contributed by atoms with Gasteiger partial charge < -0.3 is 15.2 Å². The lowest BCUT2D eigenvalue weighted by molar-refractivity contribution is 0.249. The lowest BCUT2D eigenvalue weighted by Crippen LogP contribution is -2.26. The Balaban J connectivity index is 3.10. The first-order valence-corrected chi connectivity index (χ1v) is 6.46. The van der Waals surface area contributed by atoms with Crippen molar-refractivity contribution in [3.8, 4) is 11.5 Å². The van der Waals surface area contributed by atoms with Gasteiger partial charge in [0.1, 0.15) is 11.5 Å². The topological polar surface area (TPSA) is 85.9 Å². The summed E-state index contributed by atoms with van der Waals surface area (Å²) in [7, 11) is 3.17. The zero-order valence-electron chi connectivity index (χ0n) is 12.1. The maximum atomic E-state index is 10.8. The number of primary amides is 1. The number of hydrogen-bond acceptors (Lipinski definition) is 4. The Hall–Kier alpha value is -2.24. The van der Waals surface area contributed by atoms with E-state index < -0.39 is 6.03 Å². The molecule has 0 atom stereocenters. The fourth-order valence-electron chi connectivity index (χ4n) is 1.71. The van der Waals surface area contributed by atoms with Gasteiger partial charge in [-0.2, -0.15) is 5.10 Å². The van der Waals surface area contributed by atoms with Crippen LogP contribution in [0, 0.1) is 0 Å². The van der Waals surface area contributed by atoms with Crippen LogP contribution < -0.4 is 20.6 Å². The lowest BCUT2D eigenvalue weighted by atomic mass is 10.0. The quantitative estimate of drug-likeness (QED) is 0.593. The largest absolute Gasteiger partial charge is 0.497 e. The van der Waals surface area contributed by atoms with Crippen LogP contribution in [0.3, 0.4) is 0 Å². The summed E-state index contributed by atoms with van der Waals surface area (Å²) in [4.78, 5) is 10.8. The highest BCUT2D eigenvalue weighted by molar-refractivity contribution is 6.01. The number of hydrazone groups is 1. The molecule has 0 fully saturated rings. The second kappa shape index (κ2) is 8.04.